The Morgan fingerprint density at radius 2 is 1.88 bits per heavy atom. The molecule has 90 valence electrons. The molecular formula is C13H15NO3. The molecule has 0 amide bonds. The number of hydrogen-bond donors (Lipinski definition) is 1. The van der Waals surface area contributed by atoms with Crippen LogP contribution in [0.3, 0.4) is 0 Å². The van der Waals surface area contributed by atoms with Crippen LogP contribution in [0.5, 0.6) is 5.75 Å². The molecule has 0 unspecified atom stereocenters. The Labute approximate surface area is 100 Å². The fourth-order valence-corrected chi connectivity index (χ4v) is 1.05. The molecule has 0 spiro atoms. The van der Waals surface area contributed by atoms with Crippen LogP contribution in [-0.4, -0.2) is 11.1 Å². The van der Waals surface area contributed by atoms with Crippen LogP contribution in [0.25, 0.3) is 0 Å². The van der Waals surface area contributed by atoms with Crippen molar-refractivity contribution in [3.8, 4) is 11.8 Å². The predicted octanol–water partition coefficient (Wildman–Crippen LogP) is 2.20. The first-order valence-electron chi connectivity index (χ1n) is 5.24. The van der Waals surface area contributed by atoms with Crippen molar-refractivity contribution in [1.82, 2.24) is 0 Å². The summed E-state index contributed by atoms with van der Waals surface area (Å²) in [6.07, 6.45) is -1.15. The van der Waals surface area contributed by atoms with Gasteiger partial charge in [0.25, 0.3) is 0 Å². The van der Waals surface area contributed by atoms with Gasteiger partial charge in [-0.05, 0) is 38.5 Å². The van der Waals surface area contributed by atoms with Crippen molar-refractivity contribution in [3.05, 3.63) is 29.8 Å². The average Bonchev–Trinajstić information content (AvgIpc) is 2.27. The Morgan fingerprint density at radius 1 is 1.35 bits per heavy atom. The van der Waals surface area contributed by atoms with Crippen molar-refractivity contribution in [2.75, 3.05) is 0 Å². The maximum Gasteiger partial charge on any atom is 0.316 e. The van der Waals surface area contributed by atoms with Crippen LogP contribution in [0.2, 0.25) is 0 Å². The smallest absolute Gasteiger partial charge is 0.316 e. The second kappa shape index (κ2) is 4.98. The molecule has 0 fully saturated rings. The maximum atomic E-state index is 11.6. The van der Waals surface area contributed by atoms with E-state index in [1.165, 1.54) is 0 Å². The molecule has 0 aliphatic carbocycles. The fourth-order valence-electron chi connectivity index (χ4n) is 1.05. The Morgan fingerprint density at radius 3 is 2.29 bits per heavy atom. The molecule has 0 radical (unpaired) electrons. The van der Waals surface area contributed by atoms with Crippen molar-refractivity contribution >= 4 is 5.97 Å². The van der Waals surface area contributed by atoms with Crippen molar-refractivity contribution < 1.29 is 14.6 Å². The first-order valence-corrected chi connectivity index (χ1v) is 5.24. The van der Waals surface area contributed by atoms with Crippen LogP contribution in [0.15, 0.2) is 24.3 Å². The van der Waals surface area contributed by atoms with Crippen LogP contribution in [-0.2, 0) is 4.79 Å². The second-order valence-electron chi connectivity index (χ2n) is 4.74. The first kappa shape index (κ1) is 13.2. The van der Waals surface area contributed by atoms with Gasteiger partial charge in [-0.15, -0.1) is 0 Å². The molecule has 1 aromatic rings. The molecule has 0 heterocycles. The lowest BCUT2D eigenvalue weighted by Gasteiger charge is -2.16. The van der Waals surface area contributed by atoms with Crippen LogP contribution < -0.4 is 4.74 Å². The van der Waals surface area contributed by atoms with Gasteiger partial charge in [-0.1, -0.05) is 12.1 Å². The van der Waals surface area contributed by atoms with E-state index in [4.69, 9.17) is 10.00 Å². The van der Waals surface area contributed by atoms with Crippen molar-refractivity contribution in [2.45, 2.75) is 26.9 Å². The van der Waals surface area contributed by atoms with Gasteiger partial charge in [-0.25, -0.2) is 0 Å². The zero-order valence-corrected chi connectivity index (χ0v) is 10.1. The van der Waals surface area contributed by atoms with Crippen LogP contribution >= 0.6 is 0 Å². The monoisotopic (exact) mass is 233 g/mol. The molecule has 1 rings (SSSR count). The predicted molar refractivity (Wildman–Crippen MR) is 62.1 cm³/mol. The molecule has 4 nitrogen and oxygen atoms in total. The van der Waals surface area contributed by atoms with Gasteiger partial charge in [-0.2, -0.15) is 5.26 Å². The van der Waals surface area contributed by atoms with E-state index in [-0.39, 0.29) is 5.97 Å². The highest BCUT2D eigenvalue weighted by molar-refractivity contribution is 5.77. The number of nitriles is 1. The minimum absolute atomic E-state index is 0.328. The second-order valence-corrected chi connectivity index (χ2v) is 4.74. The average molecular weight is 233 g/mol. The van der Waals surface area contributed by atoms with E-state index in [2.05, 4.69) is 0 Å². The Balaban J connectivity index is 2.77. The zero-order valence-electron chi connectivity index (χ0n) is 10.1. The molecule has 0 bridgehead atoms. The van der Waals surface area contributed by atoms with Crippen molar-refractivity contribution in [1.29, 1.82) is 5.26 Å². The lowest BCUT2D eigenvalue weighted by molar-refractivity contribution is -0.142. The number of aliphatic hydroxyl groups is 1. The van der Waals surface area contributed by atoms with E-state index in [0.717, 1.165) is 0 Å². The highest BCUT2D eigenvalue weighted by atomic mass is 16.5. The molecule has 0 aromatic heterocycles. The van der Waals surface area contributed by atoms with Crippen molar-refractivity contribution in [2.24, 2.45) is 5.41 Å². The Kier molecular flexibility index (Phi) is 3.87. The van der Waals surface area contributed by atoms with Gasteiger partial charge in [0.2, 0.25) is 0 Å². The summed E-state index contributed by atoms with van der Waals surface area (Å²) in [6, 6.07) is 7.93. The summed E-state index contributed by atoms with van der Waals surface area (Å²) in [4.78, 5) is 11.6. The minimum Gasteiger partial charge on any atom is -0.426 e. The summed E-state index contributed by atoms with van der Waals surface area (Å²) in [5.74, 6) is 0.0740. The molecule has 1 atom stereocenters. The largest absolute Gasteiger partial charge is 0.426 e. The molecule has 17 heavy (non-hydrogen) atoms. The SMILES string of the molecule is CC(C)(C)C(=O)Oc1ccc([C@@H](O)C#N)cc1. The van der Waals surface area contributed by atoms with Crippen LogP contribution in [0.1, 0.15) is 32.4 Å². The maximum absolute atomic E-state index is 11.6. The summed E-state index contributed by atoms with van der Waals surface area (Å²) in [5.41, 5.74) is -0.0896. The summed E-state index contributed by atoms with van der Waals surface area (Å²) in [7, 11) is 0. The van der Waals surface area contributed by atoms with Gasteiger partial charge in [0.05, 0.1) is 11.5 Å². The van der Waals surface area contributed by atoms with E-state index in [1.54, 1.807) is 51.1 Å². The Hall–Kier alpha value is -1.86. The van der Waals surface area contributed by atoms with Gasteiger partial charge in [-0.3, -0.25) is 4.79 Å². The van der Waals surface area contributed by atoms with Crippen molar-refractivity contribution in [3.63, 3.8) is 0 Å². The highest BCUT2D eigenvalue weighted by Crippen LogP contribution is 2.21. The number of nitrogens with zero attached hydrogens (tertiary/aromatic N) is 1. The zero-order chi connectivity index (χ0) is 13.1. The number of benzene rings is 1. The van der Waals surface area contributed by atoms with Gasteiger partial charge in [0.15, 0.2) is 6.10 Å². The van der Waals surface area contributed by atoms with Gasteiger partial charge < -0.3 is 9.84 Å². The topological polar surface area (TPSA) is 70.3 Å². The standard InChI is InChI=1S/C13H15NO3/c1-13(2,3)12(16)17-10-6-4-9(5-7-10)11(15)8-14/h4-7,11,15H,1-3H3/t11-/m0/s1. The molecule has 4 heteroatoms. The van der Waals surface area contributed by atoms with Crippen LogP contribution in [0, 0.1) is 16.7 Å². The molecule has 1 N–H and O–H groups in total. The summed E-state index contributed by atoms with van der Waals surface area (Å²) in [6.45, 7) is 5.30. The third kappa shape index (κ3) is 3.58. The Bertz CT molecular complexity index is 437. The number of esters is 1. The third-order valence-corrected chi connectivity index (χ3v) is 2.14. The summed E-state index contributed by atoms with van der Waals surface area (Å²) in [5, 5.41) is 17.8. The van der Waals surface area contributed by atoms with E-state index in [0.29, 0.717) is 11.3 Å². The number of aliphatic hydroxyl groups excluding tert-OH is 1. The lowest BCUT2D eigenvalue weighted by atomic mass is 9.97. The highest BCUT2D eigenvalue weighted by Gasteiger charge is 2.23. The molecular weight excluding hydrogens is 218 g/mol. The number of carbonyl (C=O) groups excluding carboxylic acids is 1. The number of ether oxygens (including phenoxy) is 1. The van der Waals surface area contributed by atoms with Gasteiger partial charge >= 0.3 is 5.97 Å². The van der Waals surface area contributed by atoms with E-state index in [9.17, 15) is 9.90 Å². The first-order chi connectivity index (χ1) is 7.84. The number of carbonyl (C=O) groups is 1. The molecule has 0 saturated heterocycles. The third-order valence-electron chi connectivity index (χ3n) is 2.14. The molecule has 0 saturated carbocycles. The molecule has 0 aliphatic rings. The van der Waals surface area contributed by atoms with E-state index in [1.807, 2.05) is 0 Å². The van der Waals surface area contributed by atoms with E-state index >= 15 is 0 Å². The van der Waals surface area contributed by atoms with E-state index < -0.39 is 11.5 Å². The lowest BCUT2D eigenvalue weighted by Crippen LogP contribution is -2.25. The molecule has 0 aliphatic heterocycles. The summed E-state index contributed by atoms with van der Waals surface area (Å²) >= 11 is 0. The fraction of sp³-hybridized carbons (Fsp3) is 0.385. The number of hydrogen-bond acceptors (Lipinski definition) is 4. The van der Waals surface area contributed by atoms with Gasteiger partial charge in [0.1, 0.15) is 5.75 Å². The minimum atomic E-state index is -1.15. The normalized spacial score (nSPS) is 12.6. The van der Waals surface area contributed by atoms with Gasteiger partial charge in [0, 0.05) is 0 Å². The van der Waals surface area contributed by atoms with Crippen LogP contribution in [0.4, 0.5) is 0 Å². The quantitative estimate of drug-likeness (QED) is 0.483. The molecule has 1 aromatic carbocycles. The number of rotatable bonds is 2. The summed E-state index contributed by atoms with van der Waals surface area (Å²) < 4.78 is 5.14.